The summed E-state index contributed by atoms with van der Waals surface area (Å²) in [4.78, 5) is 0. The van der Waals surface area contributed by atoms with E-state index in [-0.39, 0.29) is 0 Å². The normalized spacial score (nSPS) is 32.6. The van der Waals surface area contributed by atoms with Crippen molar-refractivity contribution in [3.8, 4) is 0 Å². The second-order valence-corrected chi connectivity index (χ2v) is 6.79. The molecule has 1 fully saturated rings. The lowest BCUT2D eigenvalue weighted by Crippen LogP contribution is -2.38. The highest BCUT2D eigenvalue weighted by atomic mass is 32.2. The number of nitrogens with two attached hydrogens (primary N) is 1. The molecule has 96 valence electrons. The lowest BCUT2D eigenvalue weighted by atomic mass is 9.83. The van der Waals surface area contributed by atoms with Gasteiger partial charge in [0, 0.05) is 11.3 Å². The molecule has 0 aromatic rings. The van der Waals surface area contributed by atoms with Crippen LogP contribution in [0.2, 0.25) is 0 Å². The van der Waals surface area contributed by atoms with E-state index >= 15 is 0 Å². The van der Waals surface area contributed by atoms with Crippen LogP contribution in [0.25, 0.3) is 0 Å². The van der Waals surface area contributed by atoms with Gasteiger partial charge in [0.15, 0.2) is 0 Å². The fourth-order valence-corrected chi connectivity index (χ4v) is 4.11. The van der Waals surface area contributed by atoms with Gasteiger partial charge < -0.3 is 5.73 Å². The molecule has 4 atom stereocenters. The summed E-state index contributed by atoms with van der Waals surface area (Å²) in [5.74, 6) is 3.11. The minimum atomic E-state index is 0.460. The zero-order valence-electron chi connectivity index (χ0n) is 11.2. The van der Waals surface area contributed by atoms with Crippen molar-refractivity contribution in [1.29, 1.82) is 0 Å². The van der Waals surface area contributed by atoms with Gasteiger partial charge in [0.05, 0.1) is 0 Å². The van der Waals surface area contributed by atoms with Gasteiger partial charge in [-0.1, -0.05) is 40.0 Å². The second kappa shape index (κ2) is 7.60. The summed E-state index contributed by atoms with van der Waals surface area (Å²) in [6, 6.07) is 0.460. The molecular weight excluding hydrogens is 214 g/mol. The van der Waals surface area contributed by atoms with Gasteiger partial charge in [0.25, 0.3) is 0 Å². The van der Waals surface area contributed by atoms with Crippen molar-refractivity contribution < 1.29 is 0 Å². The van der Waals surface area contributed by atoms with Crippen LogP contribution in [0.1, 0.15) is 59.3 Å². The Kier molecular flexibility index (Phi) is 6.83. The van der Waals surface area contributed by atoms with Crippen molar-refractivity contribution in [2.75, 3.05) is 5.75 Å². The monoisotopic (exact) mass is 243 g/mol. The van der Waals surface area contributed by atoms with Crippen LogP contribution in [0, 0.1) is 11.8 Å². The van der Waals surface area contributed by atoms with Gasteiger partial charge in [0.1, 0.15) is 0 Å². The van der Waals surface area contributed by atoms with Crippen molar-refractivity contribution in [3.05, 3.63) is 0 Å². The highest BCUT2D eigenvalue weighted by Crippen LogP contribution is 2.34. The molecule has 1 saturated carbocycles. The Balaban J connectivity index is 2.31. The van der Waals surface area contributed by atoms with Gasteiger partial charge in [-0.3, -0.25) is 0 Å². The lowest BCUT2D eigenvalue weighted by Gasteiger charge is -2.34. The highest BCUT2D eigenvalue weighted by Gasteiger charge is 2.28. The summed E-state index contributed by atoms with van der Waals surface area (Å²) in [5.41, 5.74) is 6.24. The Morgan fingerprint density at radius 1 is 1.31 bits per heavy atom. The average molecular weight is 243 g/mol. The third-order valence-electron chi connectivity index (χ3n) is 3.94. The zero-order chi connectivity index (χ0) is 12.0. The van der Waals surface area contributed by atoms with Crippen LogP contribution < -0.4 is 5.73 Å². The number of rotatable bonds is 6. The summed E-state index contributed by atoms with van der Waals surface area (Å²) in [6.07, 6.45) is 8.04. The fourth-order valence-electron chi connectivity index (χ4n) is 2.50. The van der Waals surface area contributed by atoms with E-state index in [2.05, 4.69) is 32.5 Å². The first-order valence-corrected chi connectivity index (χ1v) is 8.09. The van der Waals surface area contributed by atoms with Gasteiger partial charge >= 0.3 is 0 Å². The first kappa shape index (κ1) is 14.4. The van der Waals surface area contributed by atoms with E-state index in [9.17, 15) is 0 Å². The quantitative estimate of drug-likeness (QED) is 0.761. The molecule has 2 heteroatoms. The van der Waals surface area contributed by atoms with Gasteiger partial charge in [-0.25, -0.2) is 0 Å². The first-order chi connectivity index (χ1) is 7.67. The van der Waals surface area contributed by atoms with Crippen LogP contribution in [0.4, 0.5) is 0 Å². The van der Waals surface area contributed by atoms with Crippen LogP contribution in [0.5, 0.6) is 0 Å². The van der Waals surface area contributed by atoms with Crippen LogP contribution in [0.3, 0.4) is 0 Å². The minimum Gasteiger partial charge on any atom is -0.327 e. The predicted molar refractivity (Wildman–Crippen MR) is 75.9 cm³/mol. The summed E-state index contributed by atoms with van der Waals surface area (Å²) < 4.78 is 0. The molecule has 0 aromatic heterocycles. The summed E-state index contributed by atoms with van der Waals surface area (Å²) in [5, 5.41) is 0.735. The molecule has 0 amide bonds. The van der Waals surface area contributed by atoms with E-state index in [1.54, 1.807) is 0 Å². The van der Waals surface area contributed by atoms with Crippen molar-refractivity contribution >= 4 is 11.8 Å². The molecule has 0 spiro atoms. The Morgan fingerprint density at radius 3 is 2.69 bits per heavy atom. The average Bonchev–Trinajstić information content (AvgIpc) is 2.29. The van der Waals surface area contributed by atoms with Crippen molar-refractivity contribution in [2.24, 2.45) is 17.6 Å². The van der Waals surface area contributed by atoms with Gasteiger partial charge in [0.2, 0.25) is 0 Å². The lowest BCUT2D eigenvalue weighted by molar-refractivity contribution is 0.316. The van der Waals surface area contributed by atoms with E-state index in [1.807, 2.05) is 0 Å². The van der Waals surface area contributed by atoms with E-state index in [1.165, 1.54) is 44.3 Å². The SMILES string of the molecule is CCCC1CCC(N)C(SCC(C)CC)C1. The molecule has 0 heterocycles. The Hall–Kier alpha value is 0.310. The topological polar surface area (TPSA) is 26.0 Å². The maximum Gasteiger partial charge on any atom is 0.0201 e. The molecule has 1 rings (SSSR count). The maximum atomic E-state index is 6.24. The smallest absolute Gasteiger partial charge is 0.0201 e. The summed E-state index contributed by atoms with van der Waals surface area (Å²) >= 11 is 2.14. The summed E-state index contributed by atoms with van der Waals surface area (Å²) in [6.45, 7) is 6.94. The molecule has 16 heavy (non-hydrogen) atoms. The van der Waals surface area contributed by atoms with Crippen molar-refractivity contribution in [3.63, 3.8) is 0 Å². The Morgan fingerprint density at radius 2 is 2.06 bits per heavy atom. The largest absolute Gasteiger partial charge is 0.327 e. The molecule has 4 unspecified atom stereocenters. The molecule has 1 nitrogen and oxygen atoms in total. The fraction of sp³-hybridized carbons (Fsp3) is 1.00. The molecule has 2 N–H and O–H groups in total. The van der Waals surface area contributed by atoms with Crippen molar-refractivity contribution in [2.45, 2.75) is 70.6 Å². The Labute approximate surface area is 106 Å². The summed E-state index contributed by atoms with van der Waals surface area (Å²) in [7, 11) is 0. The van der Waals surface area contributed by atoms with Crippen LogP contribution >= 0.6 is 11.8 Å². The first-order valence-electron chi connectivity index (χ1n) is 7.04. The minimum absolute atomic E-state index is 0.460. The third-order valence-corrected chi connectivity index (χ3v) is 5.67. The number of hydrogen-bond acceptors (Lipinski definition) is 2. The van der Waals surface area contributed by atoms with E-state index in [0.717, 1.165) is 17.1 Å². The second-order valence-electron chi connectivity index (χ2n) is 5.52. The highest BCUT2D eigenvalue weighted by molar-refractivity contribution is 7.99. The standard InChI is InChI=1S/C14H29NS/c1-4-6-12-7-8-13(15)14(9-12)16-10-11(3)5-2/h11-14H,4-10,15H2,1-3H3. The molecule has 0 saturated heterocycles. The molecule has 0 aliphatic heterocycles. The predicted octanol–water partition coefficient (Wildman–Crippen LogP) is 4.06. The number of hydrogen-bond donors (Lipinski definition) is 1. The Bertz CT molecular complexity index is 184. The van der Waals surface area contributed by atoms with Crippen molar-refractivity contribution in [1.82, 2.24) is 0 Å². The zero-order valence-corrected chi connectivity index (χ0v) is 12.1. The molecule has 0 aromatic carbocycles. The van der Waals surface area contributed by atoms with Crippen LogP contribution in [-0.2, 0) is 0 Å². The third kappa shape index (κ3) is 4.67. The van der Waals surface area contributed by atoms with E-state index < -0.39 is 0 Å². The molecule has 0 bridgehead atoms. The van der Waals surface area contributed by atoms with E-state index in [0.29, 0.717) is 6.04 Å². The molecule has 1 aliphatic carbocycles. The van der Waals surface area contributed by atoms with Gasteiger partial charge in [-0.05, 0) is 36.9 Å². The molecule has 1 aliphatic rings. The van der Waals surface area contributed by atoms with Crippen LogP contribution in [0.15, 0.2) is 0 Å². The number of thioether (sulfide) groups is 1. The molecule has 0 radical (unpaired) electrons. The van der Waals surface area contributed by atoms with Gasteiger partial charge in [-0.2, -0.15) is 11.8 Å². The molecular formula is C14H29NS. The van der Waals surface area contributed by atoms with Crippen LogP contribution in [-0.4, -0.2) is 17.0 Å². The van der Waals surface area contributed by atoms with Gasteiger partial charge in [-0.15, -0.1) is 0 Å². The maximum absolute atomic E-state index is 6.24. The van der Waals surface area contributed by atoms with E-state index in [4.69, 9.17) is 5.73 Å².